The van der Waals surface area contributed by atoms with E-state index in [2.05, 4.69) is 38.9 Å². The summed E-state index contributed by atoms with van der Waals surface area (Å²) in [5.74, 6) is 0.00457. The number of piperidine rings is 1. The van der Waals surface area contributed by atoms with Gasteiger partial charge < -0.3 is 14.4 Å². The number of ketones is 1. The minimum absolute atomic E-state index is 0.00457. The first-order valence-electron chi connectivity index (χ1n) is 11.2. The maximum absolute atomic E-state index is 13.5. The van der Waals surface area contributed by atoms with Crippen LogP contribution in [0.3, 0.4) is 0 Å². The van der Waals surface area contributed by atoms with Crippen molar-refractivity contribution in [3.05, 3.63) is 40.1 Å². The van der Waals surface area contributed by atoms with Gasteiger partial charge in [0.15, 0.2) is 5.78 Å². The average molecular weight is 506 g/mol. The fraction of sp³-hybridized carbons (Fsp3) is 0.625. The van der Waals surface area contributed by atoms with Gasteiger partial charge >= 0.3 is 6.09 Å². The Hall–Kier alpha value is -1.77. The molecule has 1 aromatic heterocycles. The van der Waals surface area contributed by atoms with E-state index in [1.54, 1.807) is 4.90 Å². The number of carbonyl (C=O) groups excluding carboxylic acids is 2. The van der Waals surface area contributed by atoms with Gasteiger partial charge in [0.1, 0.15) is 10.2 Å². The Morgan fingerprint density at radius 1 is 1.28 bits per heavy atom. The second-order valence-corrected chi connectivity index (χ2v) is 11.1. The van der Waals surface area contributed by atoms with Crippen molar-refractivity contribution in [2.45, 2.75) is 64.3 Å². The van der Waals surface area contributed by atoms with Crippen LogP contribution < -0.4 is 0 Å². The number of likely N-dealkylation sites (N-methyl/N-ethyl adjacent to an activating group) is 1. The number of hydrogen-bond acceptors (Lipinski definition) is 6. The largest absolute Gasteiger partial charge is 0.444 e. The Kier molecular flexibility index (Phi) is 6.49. The van der Waals surface area contributed by atoms with Crippen LogP contribution in [0, 0.1) is 5.41 Å². The van der Waals surface area contributed by atoms with E-state index in [9.17, 15) is 9.59 Å². The van der Waals surface area contributed by atoms with E-state index in [4.69, 9.17) is 9.47 Å². The number of amides is 1. The Bertz CT molecular complexity index is 928. The first-order valence-corrected chi connectivity index (χ1v) is 12.0. The normalized spacial score (nSPS) is 29.0. The lowest BCUT2D eigenvalue weighted by molar-refractivity contribution is -0.123. The summed E-state index contributed by atoms with van der Waals surface area (Å²) in [5.41, 5.74) is 0.923. The van der Waals surface area contributed by atoms with Crippen molar-refractivity contribution in [2.24, 2.45) is 5.41 Å². The number of ether oxygens (including phenoxy) is 2. The van der Waals surface area contributed by atoms with Gasteiger partial charge in [0.05, 0.1) is 31.4 Å². The molecule has 3 aliphatic rings. The van der Waals surface area contributed by atoms with Crippen LogP contribution in [0.25, 0.3) is 0 Å². The second kappa shape index (κ2) is 8.88. The summed E-state index contributed by atoms with van der Waals surface area (Å²) in [7, 11) is 2.08. The highest BCUT2D eigenvalue weighted by molar-refractivity contribution is 9.10. The molecule has 3 heterocycles. The number of hydrogen-bond donors (Lipinski definition) is 0. The second-order valence-electron chi connectivity index (χ2n) is 10.3. The molecule has 2 fully saturated rings. The summed E-state index contributed by atoms with van der Waals surface area (Å²) in [6, 6.07) is 3.35. The van der Waals surface area contributed by atoms with Gasteiger partial charge in [-0.05, 0) is 68.2 Å². The molecule has 174 valence electrons. The monoisotopic (exact) mass is 505 g/mol. The first kappa shape index (κ1) is 23.4. The minimum atomic E-state index is -0.611. The maximum atomic E-state index is 13.5. The van der Waals surface area contributed by atoms with Gasteiger partial charge in [-0.15, -0.1) is 0 Å². The van der Waals surface area contributed by atoms with E-state index in [-0.39, 0.29) is 23.7 Å². The van der Waals surface area contributed by atoms with Gasteiger partial charge in [0, 0.05) is 24.5 Å². The molecule has 1 saturated carbocycles. The Morgan fingerprint density at radius 3 is 2.81 bits per heavy atom. The lowest BCUT2D eigenvalue weighted by Gasteiger charge is -2.30. The molecule has 4 rings (SSSR count). The summed E-state index contributed by atoms with van der Waals surface area (Å²) in [4.78, 5) is 35.2. The van der Waals surface area contributed by atoms with Crippen LogP contribution in [-0.2, 0) is 27.3 Å². The summed E-state index contributed by atoms with van der Waals surface area (Å²) in [6.07, 6.45) is 5.49. The molecule has 7 nitrogen and oxygen atoms in total. The number of halogens is 1. The molecule has 2 bridgehead atoms. The molecule has 0 unspecified atom stereocenters. The van der Waals surface area contributed by atoms with Crippen molar-refractivity contribution in [1.29, 1.82) is 0 Å². The quantitative estimate of drug-likeness (QED) is 0.395. The Balaban J connectivity index is 1.65. The van der Waals surface area contributed by atoms with E-state index in [0.29, 0.717) is 29.9 Å². The fourth-order valence-electron chi connectivity index (χ4n) is 4.94. The lowest BCUT2D eigenvalue weighted by Crippen LogP contribution is -2.46. The van der Waals surface area contributed by atoms with Crippen LogP contribution in [0.2, 0.25) is 0 Å². The molecule has 32 heavy (non-hydrogen) atoms. The molecular formula is C24H32BrN3O4. The van der Waals surface area contributed by atoms with Gasteiger partial charge in [-0.1, -0.05) is 18.2 Å². The molecule has 0 radical (unpaired) electrons. The molecular weight excluding hydrogens is 474 g/mol. The molecule has 1 aliphatic carbocycles. The zero-order valence-electron chi connectivity index (χ0n) is 19.3. The lowest BCUT2D eigenvalue weighted by atomic mass is 9.94. The van der Waals surface area contributed by atoms with E-state index in [1.165, 1.54) is 0 Å². The van der Waals surface area contributed by atoms with Crippen LogP contribution in [0.1, 0.15) is 44.9 Å². The third-order valence-corrected chi connectivity index (χ3v) is 6.85. The maximum Gasteiger partial charge on any atom is 0.411 e. The van der Waals surface area contributed by atoms with Gasteiger partial charge in [-0.2, -0.15) is 0 Å². The minimum Gasteiger partial charge on any atom is -0.444 e. The number of likely N-dealkylation sites (tertiary alicyclic amines) is 1. The van der Waals surface area contributed by atoms with Crippen LogP contribution in [0.4, 0.5) is 4.79 Å². The highest BCUT2D eigenvalue weighted by atomic mass is 79.9. The molecule has 3 atom stereocenters. The van der Waals surface area contributed by atoms with Crippen molar-refractivity contribution in [3.8, 4) is 0 Å². The number of pyridine rings is 1. The zero-order valence-corrected chi connectivity index (χ0v) is 20.9. The van der Waals surface area contributed by atoms with Crippen LogP contribution in [-0.4, -0.2) is 71.1 Å². The number of nitrogens with zero attached hydrogens (tertiary/aromatic N) is 3. The fourth-order valence-corrected chi connectivity index (χ4v) is 5.29. The molecule has 2 aliphatic heterocycles. The molecule has 1 spiro atoms. The van der Waals surface area contributed by atoms with Crippen molar-refractivity contribution in [2.75, 3.05) is 26.7 Å². The molecule has 0 aromatic carbocycles. The summed E-state index contributed by atoms with van der Waals surface area (Å²) in [6.45, 7) is 8.10. The van der Waals surface area contributed by atoms with E-state index in [0.717, 1.165) is 25.1 Å². The number of rotatable bonds is 0. The van der Waals surface area contributed by atoms with Crippen molar-refractivity contribution >= 4 is 27.8 Å². The number of Topliss-reactive ketones (excluding diaryl/α,β-unsaturated/α-hetero) is 1. The highest BCUT2D eigenvalue weighted by Crippen LogP contribution is 2.60. The topological polar surface area (TPSA) is 72.0 Å². The van der Waals surface area contributed by atoms with E-state index < -0.39 is 17.7 Å². The predicted octanol–water partition coefficient (Wildman–Crippen LogP) is 3.74. The Labute approximate surface area is 198 Å². The van der Waals surface area contributed by atoms with Crippen molar-refractivity contribution in [3.63, 3.8) is 0 Å². The summed E-state index contributed by atoms with van der Waals surface area (Å²) in [5, 5.41) is 0. The Morgan fingerprint density at radius 2 is 2.06 bits per heavy atom. The molecule has 8 heteroatoms. The summed E-state index contributed by atoms with van der Waals surface area (Å²) < 4.78 is 12.2. The van der Waals surface area contributed by atoms with Gasteiger partial charge in [-0.3, -0.25) is 9.69 Å². The number of aromatic nitrogens is 1. The zero-order chi connectivity index (χ0) is 23.1. The van der Waals surface area contributed by atoms with Crippen molar-refractivity contribution < 1.29 is 19.1 Å². The van der Waals surface area contributed by atoms with Crippen LogP contribution >= 0.6 is 15.9 Å². The average Bonchev–Trinajstić information content (AvgIpc) is 3.26. The third kappa shape index (κ3) is 5.07. The standard InChI is InChI=1S/C24H32BrN3O4/c1-23(2,3)32-22(30)28-18-12-24(13-20(24)28)15-27(4)9-5-6-10-31-14-16-7-8-21(25)26-17(16)11-19(18)29/h5-8,18,20H,9-15H2,1-4H3/t18-,20+,24-/m0/s1. The van der Waals surface area contributed by atoms with Gasteiger partial charge in [-0.25, -0.2) is 9.78 Å². The smallest absolute Gasteiger partial charge is 0.411 e. The number of fused-ring (bicyclic) bond motifs is 2. The highest BCUT2D eigenvalue weighted by Gasteiger charge is 2.67. The van der Waals surface area contributed by atoms with Crippen molar-refractivity contribution in [1.82, 2.24) is 14.8 Å². The van der Waals surface area contributed by atoms with Crippen LogP contribution in [0.5, 0.6) is 0 Å². The number of carbonyl (C=O) groups is 2. The predicted molar refractivity (Wildman–Crippen MR) is 124 cm³/mol. The molecule has 1 aromatic rings. The van der Waals surface area contributed by atoms with Gasteiger partial charge in [0.2, 0.25) is 0 Å². The van der Waals surface area contributed by atoms with Crippen LogP contribution in [0.15, 0.2) is 28.9 Å². The molecule has 1 saturated heterocycles. The van der Waals surface area contributed by atoms with E-state index in [1.807, 2.05) is 39.0 Å². The van der Waals surface area contributed by atoms with Gasteiger partial charge in [0.25, 0.3) is 0 Å². The summed E-state index contributed by atoms with van der Waals surface area (Å²) >= 11 is 3.42. The SMILES string of the molecule is CN1CC=CCOCc2ccc(Br)nc2CC(=O)[C@@H]2C[C@]3(C[C@H]3N2C(=O)OC(C)(C)C)C1. The first-order chi connectivity index (χ1) is 15.1. The molecule has 1 amide bonds. The third-order valence-electron chi connectivity index (χ3n) is 6.41. The molecule has 0 N–H and O–H groups in total. The van der Waals surface area contributed by atoms with E-state index >= 15 is 0 Å².